The average Bonchev–Trinajstić information content (AvgIpc) is 3.33. The van der Waals surface area contributed by atoms with Crippen LogP contribution in [0.15, 0.2) is 53.5 Å². The molecule has 2 aromatic carbocycles. The summed E-state index contributed by atoms with van der Waals surface area (Å²) in [5.41, 5.74) is 21.5. The van der Waals surface area contributed by atoms with Gasteiger partial charge in [-0.05, 0) is 42.2 Å². The van der Waals surface area contributed by atoms with Gasteiger partial charge in [0.2, 0.25) is 5.91 Å². The van der Waals surface area contributed by atoms with Crippen molar-refractivity contribution in [3.05, 3.63) is 75.9 Å². The molecule has 1 amide bonds. The second kappa shape index (κ2) is 10.7. The smallest absolute Gasteiger partial charge is 0.226 e. The van der Waals surface area contributed by atoms with Crippen molar-refractivity contribution in [2.24, 2.45) is 10.7 Å². The Hall–Kier alpha value is -3.98. The maximum absolute atomic E-state index is 13.0. The van der Waals surface area contributed by atoms with E-state index in [-0.39, 0.29) is 36.4 Å². The second-order valence-corrected chi connectivity index (χ2v) is 9.41. The molecule has 36 heavy (non-hydrogen) atoms. The van der Waals surface area contributed by atoms with Crippen LogP contribution in [0.5, 0.6) is 0 Å². The number of amidine groups is 1. The Bertz CT molecular complexity index is 1340. The molecule has 10 heteroatoms. The van der Waals surface area contributed by atoms with Crippen LogP contribution in [0.2, 0.25) is 5.02 Å². The van der Waals surface area contributed by atoms with Crippen molar-refractivity contribution in [2.75, 3.05) is 11.5 Å². The monoisotopic (exact) mass is 507 g/mol. The van der Waals surface area contributed by atoms with E-state index in [0.29, 0.717) is 38.6 Å². The first-order chi connectivity index (χ1) is 17.2. The number of amides is 1. The van der Waals surface area contributed by atoms with Crippen LogP contribution >= 0.6 is 11.6 Å². The van der Waals surface area contributed by atoms with E-state index in [4.69, 9.17) is 39.2 Å². The number of nitrogen functional groups attached to an aromatic ring is 3. The minimum absolute atomic E-state index is 0.0208. The summed E-state index contributed by atoms with van der Waals surface area (Å²) in [5, 5.41) is 21.9. The van der Waals surface area contributed by atoms with Gasteiger partial charge >= 0.3 is 0 Å². The van der Waals surface area contributed by atoms with Crippen molar-refractivity contribution >= 4 is 34.7 Å². The lowest BCUT2D eigenvalue weighted by Crippen LogP contribution is -2.30. The lowest BCUT2D eigenvalue weighted by molar-refractivity contribution is -0.120. The van der Waals surface area contributed by atoms with Crippen LogP contribution in [0.3, 0.4) is 0 Å². The fourth-order valence-corrected chi connectivity index (χ4v) is 4.76. The number of anilines is 2. The zero-order chi connectivity index (χ0) is 25.8. The minimum atomic E-state index is -0.319. The van der Waals surface area contributed by atoms with Crippen LogP contribution in [-0.4, -0.2) is 27.7 Å². The van der Waals surface area contributed by atoms with Crippen LogP contribution in [0.4, 0.5) is 11.4 Å². The Morgan fingerprint density at radius 2 is 1.75 bits per heavy atom. The van der Waals surface area contributed by atoms with Crippen LogP contribution in [0, 0.1) is 5.41 Å². The average molecular weight is 508 g/mol. The highest BCUT2D eigenvalue weighted by molar-refractivity contribution is 6.33. The maximum atomic E-state index is 13.0. The SMILES string of the molecule is N=C(N)c1ccc(CNC(=O)Cc2c(-c3cc(N)cc(N)c3)c(Cl)cc(=NC3CCCC3)n2O)cc1. The first-order valence-electron chi connectivity index (χ1n) is 11.7. The molecular formula is C26H30ClN7O2. The molecule has 0 spiro atoms. The molecule has 0 radical (unpaired) electrons. The number of benzene rings is 2. The Morgan fingerprint density at radius 1 is 1.11 bits per heavy atom. The molecule has 0 atom stereocenters. The lowest BCUT2D eigenvalue weighted by atomic mass is 10.0. The molecule has 1 aromatic heterocycles. The number of halogens is 1. The van der Waals surface area contributed by atoms with Gasteiger partial charge in [0.05, 0.1) is 23.2 Å². The molecule has 9 nitrogen and oxygen atoms in total. The Kier molecular flexibility index (Phi) is 7.49. The highest BCUT2D eigenvalue weighted by Crippen LogP contribution is 2.33. The van der Waals surface area contributed by atoms with E-state index in [0.717, 1.165) is 36.0 Å². The summed E-state index contributed by atoms with van der Waals surface area (Å²) in [5.74, 6) is -0.340. The van der Waals surface area contributed by atoms with Crippen molar-refractivity contribution in [2.45, 2.75) is 44.7 Å². The molecule has 1 fully saturated rings. The predicted octanol–water partition coefficient (Wildman–Crippen LogP) is 3.20. The predicted molar refractivity (Wildman–Crippen MR) is 142 cm³/mol. The van der Waals surface area contributed by atoms with Gasteiger partial charge < -0.3 is 27.7 Å². The largest absolute Gasteiger partial charge is 0.427 e. The molecule has 188 valence electrons. The van der Waals surface area contributed by atoms with Crippen molar-refractivity contribution in [1.82, 2.24) is 10.0 Å². The molecule has 1 heterocycles. The third-order valence-electron chi connectivity index (χ3n) is 6.24. The van der Waals surface area contributed by atoms with E-state index < -0.39 is 0 Å². The van der Waals surface area contributed by atoms with Crippen molar-refractivity contribution in [3.63, 3.8) is 0 Å². The summed E-state index contributed by atoms with van der Waals surface area (Å²) in [6, 6.07) is 13.8. The fourth-order valence-electron chi connectivity index (χ4n) is 4.45. The third kappa shape index (κ3) is 5.80. The van der Waals surface area contributed by atoms with Gasteiger partial charge in [-0.1, -0.05) is 48.7 Å². The van der Waals surface area contributed by atoms with Gasteiger partial charge in [-0.25, -0.2) is 0 Å². The molecule has 3 aromatic rings. The van der Waals surface area contributed by atoms with Gasteiger partial charge in [0.15, 0.2) is 5.49 Å². The quantitative estimate of drug-likeness (QED) is 0.125. The third-order valence-corrected chi connectivity index (χ3v) is 6.54. The summed E-state index contributed by atoms with van der Waals surface area (Å²) >= 11 is 6.70. The van der Waals surface area contributed by atoms with Gasteiger partial charge in [-0.3, -0.25) is 15.2 Å². The number of pyridine rings is 1. The normalized spacial score (nSPS) is 14.2. The van der Waals surface area contributed by atoms with Crippen LogP contribution in [-0.2, 0) is 17.8 Å². The fraction of sp³-hybridized carbons (Fsp3) is 0.269. The van der Waals surface area contributed by atoms with Gasteiger partial charge in [0.25, 0.3) is 0 Å². The number of carbonyl (C=O) groups excluding carboxylic acids is 1. The summed E-state index contributed by atoms with van der Waals surface area (Å²) in [6.45, 7) is 0.267. The molecular weight excluding hydrogens is 478 g/mol. The summed E-state index contributed by atoms with van der Waals surface area (Å²) < 4.78 is 0.945. The minimum Gasteiger partial charge on any atom is -0.427 e. The summed E-state index contributed by atoms with van der Waals surface area (Å²) in [6.07, 6.45) is 3.93. The summed E-state index contributed by atoms with van der Waals surface area (Å²) in [7, 11) is 0. The van der Waals surface area contributed by atoms with Crippen LogP contribution in [0.25, 0.3) is 11.1 Å². The molecule has 1 saturated carbocycles. The number of rotatable bonds is 7. The zero-order valence-corrected chi connectivity index (χ0v) is 20.6. The Balaban J connectivity index is 1.67. The number of hydrogen-bond donors (Lipinski definition) is 6. The Labute approximate surface area is 214 Å². The molecule has 0 bridgehead atoms. The van der Waals surface area contributed by atoms with E-state index in [1.165, 1.54) is 0 Å². The van der Waals surface area contributed by atoms with Crippen molar-refractivity contribution in [3.8, 4) is 11.1 Å². The van der Waals surface area contributed by atoms with E-state index >= 15 is 0 Å². The number of nitrogens with one attached hydrogen (secondary N) is 2. The number of nitrogens with zero attached hydrogens (tertiary/aromatic N) is 2. The first-order valence-corrected chi connectivity index (χ1v) is 12.1. The van der Waals surface area contributed by atoms with E-state index in [9.17, 15) is 10.0 Å². The highest BCUT2D eigenvalue weighted by atomic mass is 35.5. The van der Waals surface area contributed by atoms with E-state index in [1.807, 2.05) is 0 Å². The van der Waals surface area contributed by atoms with Gasteiger partial charge in [-0.15, -0.1) is 0 Å². The van der Waals surface area contributed by atoms with Gasteiger partial charge in [0, 0.05) is 35.1 Å². The number of hydrogen-bond acceptors (Lipinski definition) is 6. The number of nitrogens with two attached hydrogens (primary N) is 3. The van der Waals surface area contributed by atoms with E-state index in [2.05, 4.69) is 5.32 Å². The zero-order valence-electron chi connectivity index (χ0n) is 19.8. The number of aromatic nitrogens is 1. The second-order valence-electron chi connectivity index (χ2n) is 9.00. The maximum Gasteiger partial charge on any atom is 0.226 e. The standard InChI is InChI=1S/C26H30ClN7O2/c27-21-12-23(33-20-3-1-2-4-20)34(36)22(25(21)17-9-18(28)11-19(29)10-17)13-24(35)32-14-15-5-7-16(8-6-15)26(30)31/h5-12,20,36H,1-4,13-14,28-29H2,(H3,30,31)(H,32,35). The van der Waals surface area contributed by atoms with Crippen LogP contribution in [0.1, 0.15) is 42.5 Å². The lowest BCUT2D eigenvalue weighted by Gasteiger charge is -2.17. The highest BCUT2D eigenvalue weighted by Gasteiger charge is 2.21. The molecule has 1 aliphatic carbocycles. The molecule has 0 unspecified atom stereocenters. The summed E-state index contributed by atoms with van der Waals surface area (Å²) in [4.78, 5) is 17.7. The molecule has 9 N–H and O–H groups in total. The topological polar surface area (TPSA) is 169 Å². The molecule has 0 saturated heterocycles. The van der Waals surface area contributed by atoms with Crippen molar-refractivity contribution in [1.29, 1.82) is 5.41 Å². The van der Waals surface area contributed by atoms with Gasteiger partial charge in [-0.2, -0.15) is 4.73 Å². The van der Waals surface area contributed by atoms with Gasteiger partial charge in [0.1, 0.15) is 5.84 Å². The first kappa shape index (κ1) is 25.1. The van der Waals surface area contributed by atoms with Crippen LogP contribution < -0.4 is 28.0 Å². The molecule has 4 rings (SSSR count). The Morgan fingerprint density at radius 3 is 2.36 bits per heavy atom. The van der Waals surface area contributed by atoms with E-state index in [1.54, 1.807) is 48.5 Å². The molecule has 1 aliphatic rings. The number of carbonyl (C=O) groups is 1. The molecule has 0 aliphatic heterocycles. The van der Waals surface area contributed by atoms with Crippen molar-refractivity contribution < 1.29 is 10.0 Å².